The summed E-state index contributed by atoms with van der Waals surface area (Å²) in [5, 5.41) is 0. The molecule has 0 bridgehead atoms. The van der Waals surface area contributed by atoms with Crippen LogP contribution >= 0.6 is 0 Å². The van der Waals surface area contributed by atoms with Crippen LogP contribution in [0.4, 0.5) is 5.82 Å². The normalized spacial score (nSPS) is 21.1. The number of aromatic nitrogens is 2. The maximum absolute atomic E-state index is 12.4. The number of nitrogens with two attached hydrogens (primary N) is 1. The fraction of sp³-hybridized carbons (Fsp3) is 0.643. The summed E-state index contributed by atoms with van der Waals surface area (Å²) in [7, 11) is 0. The van der Waals surface area contributed by atoms with Crippen molar-refractivity contribution in [1.29, 1.82) is 0 Å². The molecule has 3 N–H and O–H groups in total. The number of likely N-dealkylation sites (tertiary alicyclic amines) is 1. The van der Waals surface area contributed by atoms with E-state index in [0.717, 1.165) is 25.9 Å². The lowest BCUT2D eigenvalue weighted by Crippen LogP contribution is -2.42. The van der Waals surface area contributed by atoms with E-state index in [2.05, 4.69) is 15.4 Å². The largest absolute Gasteiger partial charge is 0.337 e. The molecule has 108 valence electrons. The van der Waals surface area contributed by atoms with Crippen molar-refractivity contribution in [3.05, 3.63) is 18.1 Å². The number of hydrazine groups is 1. The molecule has 1 aliphatic carbocycles. The minimum Gasteiger partial charge on any atom is -0.337 e. The van der Waals surface area contributed by atoms with E-state index in [1.807, 2.05) is 4.90 Å². The molecule has 1 aromatic rings. The first-order chi connectivity index (χ1) is 9.72. The van der Waals surface area contributed by atoms with Gasteiger partial charge in [-0.15, -0.1) is 0 Å². The quantitative estimate of drug-likeness (QED) is 0.632. The number of amides is 1. The number of nitrogen functional groups attached to an aromatic ring is 1. The van der Waals surface area contributed by atoms with E-state index in [-0.39, 0.29) is 5.91 Å². The number of carbonyl (C=O) groups is 1. The number of nitrogens with zero attached hydrogens (tertiary/aromatic N) is 3. The number of carbonyl (C=O) groups excluding carboxylic acids is 1. The highest BCUT2D eigenvalue weighted by Crippen LogP contribution is 2.46. The summed E-state index contributed by atoms with van der Waals surface area (Å²) in [6.07, 6.45) is 10.6. The molecule has 0 radical (unpaired) electrons. The van der Waals surface area contributed by atoms with E-state index < -0.39 is 0 Å². The lowest BCUT2D eigenvalue weighted by Gasteiger charge is -2.39. The van der Waals surface area contributed by atoms with Crippen molar-refractivity contribution in [2.75, 3.05) is 18.5 Å². The van der Waals surface area contributed by atoms with Crippen molar-refractivity contribution in [2.24, 2.45) is 11.3 Å². The van der Waals surface area contributed by atoms with E-state index in [1.54, 1.807) is 0 Å². The molecule has 20 heavy (non-hydrogen) atoms. The Labute approximate surface area is 118 Å². The predicted octanol–water partition coefficient (Wildman–Crippen LogP) is 1.56. The number of anilines is 1. The molecule has 3 rings (SSSR count). The topological polar surface area (TPSA) is 84.1 Å². The molecule has 0 atom stereocenters. The van der Waals surface area contributed by atoms with Crippen LogP contribution in [0.25, 0.3) is 0 Å². The molecular weight excluding hydrogens is 254 g/mol. The first kappa shape index (κ1) is 13.3. The second kappa shape index (κ2) is 5.36. The Kier molecular flexibility index (Phi) is 3.56. The van der Waals surface area contributed by atoms with Gasteiger partial charge in [-0.3, -0.25) is 4.79 Å². The Bertz CT molecular complexity index is 471. The molecule has 2 heterocycles. The molecule has 1 saturated heterocycles. The monoisotopic (exact) mass is 275 g/mol. The van der Waals surface area contributed by atoms with Crippen molar-refractivity contribution >= 4 is 11.7 Å². The number of piperidine rings is 1. The molecule has 6 heteroatoms. The molecule has 6 nitrogen and oxygen atoms in total. The van der Waals surface area contributed by atoms with Crippen LogP contribution in [0, 0.1) is 5.41 Å². The van der Waals surface area contributed by atoms with Gasteiger partial charge in [0.1, 0.15) is 5.69 Å². The van der Waals surface area contributed by atoms with Gasteiger partial charge in [0.2, 0.25) is 0 Å². The smallest absolute Gasteiger partial charge is 0.274 e. The van der Waals surface area contributed by atoms with Gasteiger partial charge < -0.3 is 10.3 Å². The molecule has 0 aromatic carbocycles. The van der Waals surface area contributed by atoms with Gasteiger partial charge >= 0.3 is 0 Å². The van der Waals surface area contributed by atoms with E-state index >= 15 is 0 Å². The first-order valence-corrected chi connectivity index (χ1v) is 7.30. The van der Waals surface area contributed by atoms with Crippen molar-refractivity contribution in [3.63, 3.8) is 0 Å². The third kappa shape index (κ3) is 2.47. The SMILES string of the molecule is NNc1cnc(C(=O)N2CCC3(CCCC3)CC2)cn1. The summed E-state index contributed by atoms with van der Waals surface area (Å²) in [6.45, 7) is 1.69. The second-order valence-electron chi connectivity index (χ2n) is 5.93. The van der Waals surface area contributed by atoms with Crippen LogP contribution < -0.4 is 11.3 Å². The number of hydrogen-bond donors (Lipinski definition) is 2. The van der Waals surface area contributed by atoms with Crippen molar-refractivity contribution in [2.45, 2.75) is 38.5 Å². The highest BCUT2D eigenvalue weighted by molar-refractivity contribution is 5.92. The van der Waals surface area contributed by atoms with Gasteiger partial charge in [0.25, 0.3) is 5.91 Å². The summed E-state index contributed by atoms with van der Waals surface area (Å²) in [4.78, 5) is 22.4. The van der Waals surface area contributed by atoms with Gasteiger partial charge in [0.15, 0.2) is 5.82 Å². The standard InChI is InChI=1S/C14H21N5O/c15-18-12-10-16-11(9-17-12)13(20)19-7-5-14(6-8-19)3-1-2-4-14/h9-10H,1-8,15H2,(H,17,18). The van der Waals surface area contributed by atoms with Crippen LogP contribution in [0.15, 0.2) is 12.4 Å². The van der Waals surface area contributed by atoms with E-state index in [9.17, 15) is 4.79 Å². The summed E-state index contributed by atoms with van der Waals surface area (Å²) in [5.41, 5.74) is 3.33. The fourth-order valence-corrected chi connectivity index (χ4v) is 3.48. The zero-order valence-corrected chi connectivity index (χ0v) is 11.6. The molecule has 1 spiro atoms. The molecule has 0 unspecified atom stereocenters. The van der Waals surface area contributed by atoms with Gasteiger partial charge in [-0.25, -0.2) is 15.8 Å². The summed E-state index contributed by atoms with van der Waals surface area (Å²) >= 11 is 0. The Hall–Kier alpha value is -1.69. The van der Waals surface area contributed by atoms with Crippen molar-refractivity contribution < 1.29 is 4.79 Å². The van der Waals surface area contributed by atoms with Crippen LogP contribution in [0.3, 0.4) is 0 Å². The van der Waals surface area contributed by atoms with Crippen LogP contribution in [0.2, 0.25) is 0 Å². The first-order valence-electron chi connectivity index (χ1n) is 7.30. The summed E-state index contributed by atoms with van der Waals surface area (Å²) in [6, 6.07) is 0. The Morgan fingerprint density at radius 3 is 2.40 bits per heavy atom. The third-order valence-corrected chi connectivity index (χ3v) is 4.79. The van der Waals surface area contributed by atoms with E-state index in [4.69, 9.17) is 5.84 Å². The van der Waals surface area contributed by atoms with Crippen molar-refractivity contribution in [1.82, 2.24) is 14.9 Å². The lowest BCUT2D eigenvalue weighted by molar-refractivity contribution is 0.0581. The zero-order chi connectivity index (χ0) is 14.0. The van der Waals surface area contributed by atoms with Crippen LogP contribution in [-0.4, -0.2) is 33.9 Å². The lowest BCUT2D eigenvalue weighted by atomic mass is 9.77. The molecule has 1 amide bonds. The van der Waals surface area contributed by atoms with E-state index in [1.165, 1.54) is 38.1 Å². The highest BCUT2D eigenvalue weighted by Gasteiger charge is 2.38. The summed E-state index contributed by atoms with van der Waals surface area (Å²) < 4.78 is 0. The van der Waals surface area contributed by atoms with Gasteiger partial charge in [-0.05, 0) is 31.1 Å². The average Bonchev–Trinajstić information content (AvgIpc) is 2.96. The van der Waals surface area contributed by atoms with E-state index in [0.29, 0.717) is 16.9 Å². The minimum absolute atomic E-state index is 0.0195. The molecule has 1 aromatic heterocycles. The molecular formula is C14H21N5O. The number of nitrogens with one attached hydrogen (secondary N) is 1. The molecule has 1 aliphatic heterocycles. The Balaban J connectivity index is 1.63. The maximum Gasteiger partial charge on any atom is 0.274 e. The fourth-order valence-electron chi connectivity index (χ4n) is 3.48. The Morgan fingerprint density at radius 2 is 1.85 bits per heavy atom. The number of hydrogen-bond acceptors (Lipinski definition) is 5. The third-order valence-electron chi connectivity index (χ3n) is 4.79. The molecule has 2 fully saturated rings. The Morgan fingerprint density at radius 1 is 1.15 bits per heavy atom. The van der Waals surface area contributed by atoms with Gasteiger partial charge in [-0.2, -0.15) is 0 Å². The molecule has 2 aliphatic rings. The molecule has 1 saturated carbocycles. The zero-order valence-electron chi connectivity index (χ0n) is 11.6. The van der Waals surface area contributed by atoms with Gasteiger partial charge in [0, 0.05) is 13.1 Å². The minimum atomic E-state index is -0.0195. The summed E-state index contributed by atoms with van der Waals surface area (Å²) in [5.74, 6) is 5.68. The van der Waals surface area contributed by atoms with Crippen molar-refractivity contribution in [3.8, 4) is 0 Å². The van der Waals surface area contributed by atoms with Crippen LogP contribution in [0.5, 0.6) is 0 Å². The number of rotatable bonds is 2. The average molecular weight is 275 g/mol. The van der Waals surface area contributed by atoms with Crippen LogP contribution in [-0.2, 0) is 0 Å². The predicted molar refractivity (Wildman–Crippen MR) is 75.9 cm³/mol. The second-order valence-corrected chi connectivity index (χ2v) is 5.93. The van der Waals surface area contributed by atoms with Gasteiger partial charge in [0.05, 0.1) is 12.4 Å². The van der Waals surface area contributed by atoms with Crippen LogP contribution in [0.1, 0.15) is 49.0 Å². The maximum atomic E-state index is 12.4. The highest BCUT2D eigenvalue weighted by atomic mass is 16.2. The van der Waals surface area contributed by atoms with Gasteiger partial charge in [-0.1, -0.05) is 12.8 Å².